The van der Waals surface area contributed by atoms with E-state index in [2.05, 4.69) is 51.4 Å². The van der Waals surface area contributed by atoms with Gasteiger partial charge in [-0.2, -0.15) is 19.6 Å². The maximum Gasteiger partial charge on any atom is 0.322 e. The predicted octanol–water partition coefficient (Wildman–Crippen LogP) is 4.17. The second-order valence-corrected chi connectivity index (χ2v) is 11.2. The molecule has 3 aromatic rings. The van der Waals surface area contributed by atoms with Gasteiger partial charge in [0.05, 0.1) is 19.4 Å². The summed E-state index contributed by atoms with van der Waals surface area (Å²) in [6.45, 7) is 8.39. The molecule has 42 heavy (non-hydrogen) atoms. The first-order valence-corrected chi connectivity index (χ1v) is 14.5. The van der Waals surface area contributed by atoms with Crippen LogP contribution in [-0.2, 0) is 20.9 Å². The van der Waals surface area contributed by atoms with Crippen molar-refractivity contribution in [3.05, 3.63) is 54.2 Å². The van der Waals surface area contributed by atoms with Gasteiger partial charge in [-0.05, 0) is 55.4 Å². The normalized spacial score (nSPS) is 22.5. The molecule has 11 nitrogen and oxygen atoms in total. The number of halogens is 1. The highest BCUT2D eigenvalue weighted by Crippen LogP contribution is 2.27. The zero-order valence-electron chi connectivity index (χ0n) is 24.0. The fourth-order valence-corrected chi connectivity index (χ4v) is 5.35. The maximum atomic E-state index is 14.4. The Labute approximate surface area is 244 Å². The molecule has 2 aliphatic rings. The third-order valence-electron chi connectivity index (χ3n) is 7.76. The van der Waals surface area contributed by atoms with Crippen LogP contribution in [0.2, 0.25) is 0 Å². The van der Waals surface area contributed by atoms with Gasteiger partial charge in [-0.1, -0.05) is 32.6 Å². The van der Waals surface area contributed by atoms with Gasteiger partial charge >= 0.3 is 6.01 Å². The van der Waals surface area contributed by atoms with Crippen LogP contribution in [0.25, 0.3) is 5.65 Å². The first kappa shape index (κ1) is 29.4. The van der Waals surface area contributed by atoms with E-state index in [1.807, 2.05) is 24.3 Å². The number of amides is 2. The van der Waals surface area contributed by atoms with E-state index >= 15 is 0 Å². The molecule has 1 aliphatic carbocycles. The van der Waals surface area contributed by atoms with Crippen molar-refractivity contribution in [2.45, 2.75) is 76.7 Å². The minimum Gasteiger partial charge on any atom is -0.457 e. The molecule has 0 radical (unpaired) electrons. The Kier molecular flexibility index (Phi) is 9.31. The number of nitrogens with one attached hydrogen (secondary N) is 3. The van der Waals surface area contributed by atoms with Crippen LogP contribution in [-0.4, -0.2) is 62.9 Å². The summed E-state index contributed by atoms with van der Waals surface area (Å²) in [5.41, 5.74) is 3.14. The minimum absolute atomic E-state index is 0.00988. The number of hydrogen-bond acceptors (Lipinski definition) is 8. The summed E-state index contributed by atoms with van der Waals surface area (Å²) < 4.78 is 27.1. The molecule has 1 aliphatic heterocycles. The Morgan fingerprint density at radius 1 is 1.21 bits per heavy atom. The molecule has 0 spiro atoms. The number of alkyl halides is 1. The monoisotopic (exact) mass is 579 g/mol. The second kappa shape index (κ2) is 13.3. The van der Waals surface area contributed by atoms with Crippen LogP contribution in [0.5, 0.6) is 6.01 Å². The van der Waals surface area contributed by atoms with Gasteiger partial charge < -0.3 is 25.4 Å². The van der Waals surface area contributed by atoms with E-state index in [4.69, 9.17) is 9.47 Å². The zero-order chi connectivity index (χ0) is 29.6. The van der Waals surface area contributed by atoms with E-state index in [-0.39, 0.29) is 42.3 Å². The summed E-state index contributed by atoms with van der Waals surface area (Å²) >= 11 is 0. The predicted molar refractivity (Wildman–Crippen MR) is 156 cm³/mol. The SMILES string of the molecule is C=CC(=O)NC1CCC(C(=O)Nc2cccc(CNc3nc(OC4CCOCC4F)nc4c(C(C)C)cnn34)c2)CC1. The number of fused-ring (bicyclic) bond motifs is 1. The van der Waals surface area contributed by atoms with Crippen LogP contribution in [0.3, 0.4) is 0 Å². The summed E-state index contributed by atoms with van der Waals surface area (Å²) in [4.78, 5) is 33.6. The molecular weight excluding hydrogens is 541 g/mol. The van der Waals surface area contributed by atoms with Crippen LogP contribution in [0.15, 0.2) is 43.1 Å². The number of anilines is 2. The van der Waals surface area contributed by atoms with E-state index in [0.717, 1.165) is 24.0 Å². The van der Waals surface area contributed by atoms with Crippen LogP contribution >= 0.6 is 0 Å². The number of hydrogen-bond donors (Lipinski definition) is 3. The smallest absolute Gasteiger partial charge is 0.322 e. The van der Waals surface area contributed by atoms with Crippen molar-refractivity contribution in [3.63, 3.8) is 0 Å². The summed E-state index contributed by atoms with van der Waals surface area (Å²) in [5.74, 6) is 0.270. The molecule has 12 heteroatoms. The van der Waals surface area contributed by atoms with Gasteiger partial charge in [0.1, 0.15) is 6.10 Å². The molecule has 3 heterocycles. The standard InChI is InChI=1S/C30H38FN7O4/c1-4-26(39)34-21-10-8-20(9-11-21)28(40)35-22-7-5-6-19(14-22)15-32-29-37-30(42-25-12-13-41-17-24(25)31)36-27-23(18(2)3)16-33-38(27)29/h4-7,14,16,18,20-21,24-25H,1,8-13,15,17H2,2-3H3,(H,34,39)(H,35,40)(H,32,36,37). The number of benzene rings is 1. The number of rotatable bonds is 10. The first-order valence-electron chi connectivity index (χ1n) is 14.5. The average molecular weight is 580 g/mol. The van der Waals surface area contributed by atoms with Gasteiger partial charge in [-0.3, -0.25) is 9.59 Å². The molecule has 2 aromatic heterocycles. The van der Waals surface area contributed by atoms with Crippen LogP contribution in [0, 0.1) is 5.92 Å². The van der Waals surface area contributed by atoms with Gasteiger partial charge in [0.2, 0.25) is 17.8 Å². The molecule has 1 aromatic carbocycles. The Hall–Kier alpha value is -4.06. The Bertz CT molecular complexity index is 1420. The lowest BCUT2D eigenvalue weighted by Gasteiger charge is -2.28. The molecule has 3 N–H and O–H groups in total. The zero-order valence-corrected chi connectivity index (χ0v) is 24.0. The summed E-state index contributed by atoms with van der Waals surface area (Å²) in [6.07, 6.45) is 4.45. The Morgan fingerprint density at radius 3 is 2.76 bits per heavy atom. The first-order chi connectivity index (χ1) is 20.3. The lowest BCUT2D eigenvalue weighted by Crippen LogP contribution is -2.38. The van der Waals surface area contributed by atoms with Crippen molar-refractivity contribution in [1.82, 2.24) is 24.9 Å². The second-order valence-electron chi connectivity index (χ2n) is 11.2. The highest BCUT2D eigenvalue weighted by atomic mass is 19.1. The molecule has 2 amide bonds. The maximum absolute atomic E-state index is 14.4. The Balaban J connectivity index is 1.25. The van der Waals surface area contributed by atoms with Crippen molar-refractivity contribution < 1.29 is 23.5 Å². The third-order valence-corrected chi connectivity index (χ3v) is 7.76. The van der Waals surface area contributed by atoms with Gasteiger partial charge in [0.15, 0.2) is 11.8 Å². The van der Waals surface area contributed by atoms with Crippen LogP contribution in [0.1, 0.15) is 63.0 Å². The van der Waals surface area contributed by atoms with E-state index in [1.54, 1.807) is 10.7 Å². The number of carbonyl (C=O) groups is 2. The number of aromatic nitrogens is 4. The quantitative estimate of drug-likeness (QED) is 0.305. The van der Waals surface area contributed by atoms with Crippen molar-refractivity contribution in [1.29, 1.82) is 0 Å². The summed E-state index contributed by atoms with van der Waals surface area (Å²) in [7, 11) is 0. The van der Waals surface area contributed by atoms with Crippen molar-refractivity contribution in [3.8, 4) is 6.01 Å². The van der Waals surface area contributed by atoms with Gasteiger partial charge in [0.25, 0.3) is 0 Å². The molecular formula is C30H38FN7O4. The van der Waals surface area contributed by atoms with Crippen molar-refractivity contribution in [2.24, 2.45) is 5.92 Å². The number of ether oxygens (including phenoxy) is 2. The summed E-state index contributed by atoms with van der Waals surface area (Å²) in [6, 6.07) is 7.77. The lowest BCUT2D eigenvalue weighted by molar-refractivity contribution is -0.121. The van der Waals surface area contributed by atoms with Crippen molar-refractivity contribution >= 4 is 29.1 Å². The molecule has 5 rings (SSSR count). The molecule has 1 saturated heterocycles. The molecule has 0 bridgehead atoms. The van der Waals surface area contributed by atoms with E-state index in [1.165, 1.54) is 6.08 Å². The van der Waals surface area contributed by atoms with Gasteiger partial charge in [-0.15, -0.1) is 0 Å². The number of carbonyl (C=O) groups excluding carboxylic acids is 2. The fourth-order valence-electron chi connectivity index (χ4n) is 5.35. The van der Waals surface area contributed by atoms with Crippen LogP contribution < -0.4 is 20.7 Å². The Morgan fingerprint density at radius 2 is 2.02 bits per heavy atom. The lowest BCUT2D eigenvalue weighted by atomic mass is 9.85. The van der Waals surface area contributed by atoms with E-state index in [0.29, 0.717) is 49.7 Å². The third kappa shape index (κ3) is 7.04. The molecule has 2 unspecified atom stereocenters. The van der Waals surface area contributed by atoms with Crippen LogP contribution in [0.4, 0.5) is 16.0 Å². The highest BCUT2D eigenvalue weighted by molar-refractivity contribution is 5.92. The van der Waals surface area contributed by atoms with Crippen molar-refractivity contribution in [2.75, 3.05) is 23.8 Å². The van der Waals surface area contributed by atoms with Gasteiger partial charge in [0, 0.05) is 36.2 Å². The van der Waals surface area contributed by atoms with E-state index < -0.39 is 12.3 Å². The average Bonchev–Trinajstić information content (AvgIpc) is 3.42. The van der Waals surface area contributed by atoms with Gasteiger partial charge in [-0.25, -0.2) is 4.39 Å². The molecule has 224 valence electrons. The minimum atomic E-state index is -1.25. The molecule has 2 atom stereocenters. The van der Waals surface area contributed by atoms with E-state index in [9.17, 15) is 14.0 Å². The summed E-state index contributed by atoms with van der Waals surface area (Å²) in [5, 5.41) is 13.8. The topological polar surface area (TPSA) is 132 Å². The number of nitrogens with zero attached hydrogens (tertiary/aromatic N) is 4. The largest absolute Gasteiger partial charge is 0.457 e. The fraction of sp³-hybridized carbons (Fsp3) is 0.500. The molecule has 1 saturated carbocycles. The molecule has 2 fully saturated rings. The highest BCUT2D eigenvalue weighted by Gasteiger charge is 2.29.